The number of allylic oxidation sites excluding steroid dienone is 2. The smallest absolute Gasteiger partial charge is 0.207 e. The first-order valence-corrected chi connectivity index (χ1v) is 12.1. The van der Waals surface area contributed by atoms with Crippen LogP contribution in [0, 0.1) is 17.7 Å². The molecule has 3 aromatic rings. The molecule has 0 fully saturated rings. The lowest BCUT2D eigenvalue weighted by atomic mass is 9.75. The van der Waals surface area contributed by atoms with Crippen LogP contribution in [0.4, 0.5) is 5.69 Å². The third kappa shape index (κ3) is 7.25. The highest BCUT2D eigenvalue weighted by Crippen LogP contribution is 2.38. The summed E-state index contributed by atoms with van der Waals surface area (Å²) in [4.78, 5) is 18.1. The lowest BCUT2D eigenvalue weighted by Crippen LogP contribution is -2.25. The monoisotopic (exact) mass is 484 g/mol. The summed E-state index contributed by atoms with van der Waals surface area (Å²) in [6, 6.07) is 14.0. The minimum atomic E-state index is 0.222. The molecular weight excluding hydrogens is 448 g/mol. The molecule has 7 heteroatoms. The fourth-order valence-electron chi connectivity index (χ4n) is 4.18. The van der Waals surface area contributed by atoms with Gasteiger partial charge >= 0.3 is 0 Å². The summed E-state index contributed by atoms with van der Waals surface area (Å²) in [6.45, 7) is 7.01. The normalized spacial score (nSPS) is 14.3. The lowest BCUT2D eigenvalue weighted by Gasteiger charge is -2.32. The van der Waals surface area contributed by atoms with E-state index < -0.39 is 0 Å². The lowest BCUT2D eigenvalue weighted by molar-refractivity contribution is -0.109. The van der Waals surface area contributed by atoms with Gasteiger partial charge in [-0.2, -0.15) is 0 Å². The largest absolute Gasteiger partial charge is 0.402 e. The predicted molar refractivity (Wildman–Crippen MR) is 147 cm³/mol. The van der Waals surface area contributed by atoms with Crippen molar-refractivity contribution in [3.8, 4) is 11.1 Å². The van der Waals surface area contributed by atoms with E-state index in [2.05, 4.69) is 52.6 Å². The molecule has 1 aromatic carbocycles. The van der Waals surface area contributed by atoms with E-state index in [0.29, 0.717) is 18.7 Å². The van der Waals surface area contributed by atoms with E-state index in [1.165, 1.54) is 0 Å². The van der Waals surface area contributed by atoms with Crippen LogP contribution < -0.4 is 16.4 Å². The number of nitrogens with two attached hydrogens (primary N) is 1. The van der Waals surface area contributed by atoms with Gasteiger partial charge in [-0.05, 0) is 78.6 Å². The molecule has 0 radical (unpaired) electrons. The fourth-order valence-corrected chi connectivity index (χ4v) is 4.18. The Balaban J connectivity index is 0.000000303. The van der Waals surface area contributed by atoms with Crippen LogP contribution in [0.5, 0.6) is 0 Å². The average Bonchev–Trinajstić information content (AvgIpc) is 2.87. The Kier molecular flexibility index (Phi) is 8.95. The Morgan fingerprint density at radius 1 is 1.17 bits per heavy atom. The van der Waals surface area contributed by atoms with Crippen molar-refractivity contribution in [1.82, 2.24) is 15.3 Å². The number of aryl methyl sites for hydroxylation is 1. The van der Waals surface area contributed by atoms with Crippen molar-refractivity contribution in [2.45, 2.75) is 46.6 Å². The van der Waals surface area contributed by atoms with Gasteiger partial charge in [0.25, 0.3) is 0 Å². The molecule has 188 valence electrons. The highest BCUT2D eigenvalue weighted by atomic mass is 16.1. The summed E-state index contributed by atoms with van der Waals surface area (Å²) in [5, 5.41) is 14.5. The van der Waals surface area contributed by atoms with Crippen LogP contribution in [-0.2, 0) is 11.3 Å². The molecule has 0 unspecified atom stereocenters. The van der Waals surface area contributed by atoms with Gasteiger partial charge in [0.2, 0.25) is 6.41 Å². The van der Waals surface area contributed by atoms with Crippen molar-refractivity contribution in [3.05, 3.63) is 89.1 Å². The predicted octanol–water partition coefficient (Wildman–Crippen LogP) is 5.22. The molecule has 1 amide bonds. The van der Waals surface area contributed by atoms with Crippen molar-refractivity contribution >= 4 is 17.8 Å². The number of hydrogen-bond acceptors (Lipinski definition) is 6. The standard InChI is InChI=1S/C22H28N4.C7H8N2O/c1-14-5-6-15(13-26-14)16-9-17(11-18(10-16)25-4)21(24)19-7-8-22(2,3)12-20(19)23;10-6-9-5-7-2-1-3-8-4-7/h5-6,9-11,13,24-25H,7-8,12,23H2,1-4H3;1-4,6H,5H2,(H,9,10). The zero-order chi connectivity index (χ0) is 26.1. The Morgan fingerprint density at radius 3 is 2.58 bits per heavy atom. The molecule has 0 saturated carbocycles. The van der Waals surface area contributed by atoms with E-state index in [1.807, 2.05) is 44.4 Å². The molecule has 36 heavy (non-hydrogen) atoms. The van der Waals surface area contributed by atoms with Gasteiger partial charge in [-0.1, -0.05) is 26.0 Å². The molecule has 0 aliphatic heterocycles. The molecule has 2 aromatic heterocycles. The minimum absolute atomic E-state index is 0.222. The SMILES string of the molecule is CNc1cc(C(=N)C2=C(N)CC(C)(C)CC2)cc(-c2ccc(C)nc2)c1.O=CNCc1cccnc1. The maximum atomic E-state index is 9.85. The quantitative estimate of drug-likeness (QED) is 0.271. The molecular formula is C29H36N6O. The number of anilines is 1. The molecule has 0 bridgehead atoms. The summed E-state index contributed by atoms with van der Waals surface area (Å²) in [6.07, 6.45) is 8.75. The third-order valence-corrected chi connectivity index (χ3v) is 6.28. The van der Waals surface area contributed by atoms with Gasteiger partial charge in [-0.15, -0.1) is 0 Å². The second-order valence-electron chi connectivity index (χ2n) is 9.82. The first-order chi connectivity index (χ1) is 17.2. The maximum Gasteiger partial charge on any atom is 0.207 e. The Bertz CT molecular complexity index is 1220. The average molecular weight is 485 g/mol. The summed E-state index contributed by atoms with van der Waals surface area (Å²) in [7, 11) is 1.90. The number of carbonyl (C=O) groups excluding carboxylic acids is 1. The number of amides is 1. The van der Waals surface area contributed by atoms with Crippen LogP contribution >= 0.6 is 0 Å². The summed E-state index contributed by atoms with van der Waals surface area (Å²) in [5.74, 6) is 0. The van der Waals surface area contributed by atoms with Crippen molar-refractivity contribution < 1.29 is 4.79 Å². The Hall–Kier alpha value is -4.00. The van der Waals surface area contributed by atoms with Gasteiger partial charge < -0.3 is 16.4 Å². The molecule has 0 atom stereocenters. The zero-order valence-electron chi connectivity index (χ0n) is 21.6. The number of nitrogens with zero attached hydrogens (tertiary/aromatic N) is 2. The Labute approximate surface area is 213 Å². The van der Waals surface area contributed by atoms with Crippen LogP contribution in [0.1, 0.15) is 49.9 Å². The number of benzene rings is 1. The number of nitrogens with one attached hydrogen (secondary N) is 3. The van der Waals surface area contributed by atoms with Crippen molar-refractivity contribution in [1.29, 1.82) is 5.41 Å². The molecule has 1 aliphatic carbocycles. The molecule has 4 rings (SSSR count). The van der Waals surface area contributed by atoms with Crippen LogP contribution in [0.25, 0.3) is 11.1 Å². The van der Waals surface area contributed by atoms with Crippen molar-refractivity contribution in [2.75, 3.05) is 12.4 Å². The van der Waals surface area contributed by atoms with Gasteiger partial charge in [0, 0.05) is 60.4 Å². The van der Waals surface area contributed by atoms with Crippen LogP contribution in [0.3, 0.4) is 0 Å². The van der Waals surface area contributed by atoms with Gasteiger partial charge in [-0.25, -0.2) is 0 Å². The first-order valence-electron chi connectivity index (χ1n) is 12.1. The maximum absolute atomic E-state index is 9.85. The summed E-state index contributed by atoms with van der Waals surface area (Å²) in [5.41, 5.74) is 14.9. The highest BCUT2D eigenvalue weighted by Gasteiger charge is 2.27. The Morgan fingerprint density at radius 2 is 1.97 bits per heavy atom. The molecule has 5 N–H and O–H groups in total. The summed E-state index contributed by atoms with van der Waals surface area (Å²) < 4.78 is 0. The topological polar surface area (TPSA) is 117 Å². The van der Waals surface area contributed by atoms with E-state index in [9.17, 15) is 4.79 Å². The molecule has 0 spiro atoms. The second kappa shape index (κ2) is 12.1. The van der Waals surface area contributed by atoms with Gasteiger partial charge in [0.1, 0.15) is 0 Å². The van der Waals surface area contributed by atoms with Gasteiger partial charge in [-0.3, -0.25) is 20.2 Å². The van der Waals surface area contributed by atoms with E-state index in [1.54, 1.807) is 12.4 Å². The van der Waals surface area contributed by atoms with E-state index >= 15 is 0 Å². The van der Waals surface area contributed by atoms with Crippen LogP contribution in [0.15, 0.2) is 72.3 Å². The van der Waals surface area contributed by atoms with E-state index in [-0.39, 0.29) is 5.41 Å². The molecule has 2 heterocycles. The second-order valence-corrected chi connectivity index (χ2v) is 9.82. The molecule has 1 aliphatic rings. The highest BCUT2D eigenvalue weighted by molar-refractivity contribution is 6.12. The van der Waals surface area contributed by atoms with E-state index in [4.69, 9.17) is 11.1 Å². The number of pyridine rings is 2. The molecule has 0 saturated heterocycles. The number of rotatable bonds is 7. The number of aromatic nitrogens is 2. The fraction of sp³-hybridized carbons (Fsp3) is 0.310. The van der Waals surface area contributed by atoms with E-state index in [0.717, 1.165) is 64.2 Å². The van der Waals surface area contributed by atoms with Crippen molar-refractivity contribution in [3.63, 3.8) is 0 Å². The number of hydrogen-bond donors (Lipinski definition) is 4. The zero-order valence-corrected chi connectivity index (χ0v) is 21.6. The van der Waals surface area contributed by atoms with Gasteiger partial charge in [0.15, 0.2) is 0 Å². The third-order valence-electron chi connectivity index (χ3n) is 6.28. The first kappa shape index (κ1) is 26.6. The van der Waals surface area contributed by atoms with Crippen LogP contribution in [-0.4, -0.2) is 29.1 Å². The summed E-state index contributed by atoms with van der Waals surface area (Å²) >= 11 is 0. The number of carbonyl (C=O) groups is 1. The van der Waals surface area contributed by atoms with Crippen LogP contribution in [0.2, 0.25) is 0 Å². The minimum Gasteiger partial charge on any atom is -0.402 e. The van der Waals surface area contributed by atoms with Gasteiger partial charge in [0.05, 0.1) is 5.71 Å². The van der Waals surface area contributed by atoms with Crippen molar-refractivity contribution in [2.24, 2.45) is 11.1 Å². The molecule has 7 nitrogen and oxygen atoms in total.